The molecule has 1 aliphatic heterocycles. The van der Waals surface area contributed by atoms with Gasteiger partial charge < -0.3 is 4.74 Å². The topological polar surface area (TPSA) is 30.9 Å². The zero-order chi connectivity index (χ0) is 23.3. The van der Waals surface area contributed by atoms with E-state index in [1.807, 2.05) is 42.5 Å². The average molecular weight is 450 g/mol. The van der Waals surface area contributed by atoms with Gasteiger partial charge in [0.15, 0.2) is 0 Å². The van der Waals surface area contributed by atoms with Crippen molar-refractivity contribution in [2.24, 2.45) is 0 Å². The molecule has 0 radical (unpaired) electrons. The Morgan fingerprint density at radius 2 is 1.69 bits per heavy atom. The highest BCUT2D eigenvalue weighted by Gasteiger charge is 2.35. The molecule has 0 N–H and O–H groups in total. The Morgan fingerprint density at radius 1 is 1.00 bits per heavy atom. The van der Waals surface area contributed by atoms with Crippen LogP contribution >= 0.6 is 0 Å². The van der Waals surface area contributed by atoms with E-state index in [0.717, 1.165) is 18.7 Å². The highest BCUT2D eigenvalue weighted by molar-refractivity contribution is 5.22. The third-order valence-electron chi connectivity index (χ3n) is 6.06. The van der Waals surface area contributed by atoms with E-state index in [0.29, 0.717) is 37.9 Å². The Kier molecular flexibility index (Phi) is 11.8. The monoisotopic (exact) mass is 449 g/mol. The molecule has 2 fully saturated rings. The fraction of sp³-hybridized carbons (Fsp3) is 0.538. The molecule has 1 aliphatic carbocycles. The summed E-state index contributed by atoms with van der Waals surface area (Å²) in [7, 11) is 2.00. The molecule has 0 amide bonds. The molecular weight excluding hydrogens is 412 g/mol. The van der Waals surface area contributed by atoms with Gasteiger partial charge in [0.2, 0.25) is 0 Å². The average Bonchev–Trinajstić information content (AvgIpc) is 3.32. The molecule has 1 saturated carbocycles. The summed E-state index contributed by atoms with van der Waals surface area (Å²) in [6.07, 6.45) is 4.01. The smallest absolute Gasteiger partial charge is 0.123 e. The first-order valence-corrected chi connectivity index (χ1v) is 11.3. The van der Waals surface area contributed by atoms with Crippen molar-refractivity contribution < 1.29 is 23.3 Å². The van der Waals surface area contributed by atoms with E-state index in [1.165, 1.54) is 31.9 Å². The van der Waals surface area contributed by atoms with Gasteiger partial charge in [-0.1, -0.05) is 42.5 Å². The fourth-order valence-corrected chi connectivity index (χ4v) is 4.44. The molecular formula is C26H37F2NO3. The highest BCUT2D eigenvalue weighted by atomic mass is 19.1. The Labute approximate surface area is 191 Å². The van der Waals surface area contributed by atoms with Crippen LogP contribution in [-0.4, -0.2) is 50.5 Å². The Bertz CT molecular complexity index is 744. The molecule has 4 nitrogen and oxygen atoms in total. The van der Waals surface area contributed by atoms with E-state index in [-0.39, 0.29) is 5.82 Å². The summed E-state index contributed by atoms with van der Waals surface area (Å²) < 4.78 is 28.2. The van der Waals surface area contributed by atoms with Gasteiger partial charge in [-0.15, -0.1) is 0 Å². The standard InChI is InChI=1S/C17H24FNO.C8H10O2.CH3F/c1-12-11-20-13(2)10-19(12)17-8-5-15(9-17)14-3-6-16(18)7-4-14;1-9-10-7-8-5-3-2-4-6-8;1-2/h3-4,6-7,12-13,15,17H,5,8-11H2,1-2H3;2-6H,7H2,1H3;1H3. The third-order valence-corrected chi connectivity index (χ3v) is 6.06. The number of ether oxygens (including phenoxy) is 1. The molecule has 4 unspecified atom stereocenters. The maximum Gasteiger partial charge on any atom is 0.123 e. The fourth-order valence-electron chi connectivity index (χ4n) is 4.44. The van der Waals surface area contributed by atoms with Crippen LogP contribution in [0.5, 0.6) is 0 Å². The van der Waals surface area contributed by atoms with Crippen LogP contribution in [0, 0.1) is 5.82 Å². The molecule has 2 aromatic rings. The van der Waals surface area contributed by atoms with E-state index < -0.39 is 0 Å². The normalized spacial score (nSPS) is 25.3. The maximum atomic E-state index is 13.0. The number of halogens is 2. The molecule has 1 heterocycles. The number of benzene rings is 2. The van der Waals surface area contributed by atoms with Gasteiger partial charge in [0.1, 0.15) is 12.4 Å². The number of hydrogen-bond acceptors (Lipinski definition) is 4. The molecule has 4 rings (SSSR count). The van der Waals surface area contributed by atoms with Gasteiger partial charge in [0.25, 0.3) is 0 Å². The minimum atomic E-state index is -0.140. The van der Waals surface area contributed by atoms with E-state index in [4.69, 9.17) is 9.62 Å². The number of hydrogen-bond donors (Lipinski definition) is 0. The van der Waals surface area contributed by atoms with Crippen LogP contribution < -0.4 is 0 Å². The van der Waals surface area contributed by atoms with Crippen LogP contribution in [0.25, 0.3) is 0 Å². The number of nitrogens with zero attached hydrogens (tertiary/aromatic N) is 1. The zero-order valence-corrected chi connectivity index (χ0v) is 19.7. The van der Waals surface area contributed by atoms with Crippen molar-refractivity contribution in [3.8, 4) is 0 Å². The lowest BCUT2D eigenvalue weighted by Crippen LogP contribution is -2.51. The first-order valence-electron chi connectivity index (χ1n) is 11.3. The molecule has 4 atom stereocenters. The predicted molar refractivity (Wildman–Crippen MR) is 124 cm³/mol. The van der Waals surface area contributed by atoms with Crippen molar-refractivity contribution in [2.75, 3.05) is 27.4 Å². The lowest BCUT2D eigenvalue weighted by molar-refractivity contribution is -0.282. The molecule has 0 bridgehead atoms. The minimum Gasteiger partial charge on any atom is -0.376 e. The second-order valence-corrected chi connectivity index (χ2v) is 8.32. The lowest BCUT2D eigenvalue weighted by Gasteiger charge is -2.40. The SMILES string of the molecule is CC1CN(C2CCC(c3ccc(F)cc3)C2)C(C)CO1.CF.COOCc1ccccc1. The summed E-state index contributed by atoms with van der Waals surface area (Å²) in [6, 6.07) is 18.1. The van der Waals surface area contributed by atoms with Gasteiger partial charge in [-0.05, 0) is 62.3 Å². The zero-order valence-electron chi connectivity index (χ0n) is 19.7. The second-order valence-electron chi connectivity index (χ2n) is 8.32. The Hall–Kier alpha value is -1.86. The van der Waals surface area contributed by atoms with E-state index >= 15 is 0 Å². The molecule has 178 valence electrons. The van der Waals surface area contributed by atoms with Crippen LogP contribution in [-0.2, 0) is 21.1 Å². The molecule has 0 spiro atoms. The largest absolute Gasteiger partial charge is 0.376 e. The van der Waals surface area contributed by atoms with Crippen LogP contribution in [0.15, 0.2) is 54.6 Å². The Morgan fingerprint density at radius 3 is 2.34 bits per heavy atom. The number of morpholine rings is 1. The van der Waals surface area contributed by atoms with E-state index in [9.17, 15) is 8.78 Å². The first-order chi connectivity index (χ1) is 15.6. The van der Waals surface area contributed by atoms with Crippen molar-refractivity contribution in [3.63, 3.8) is 0 Å². The van der Waals surface area contributed by atoms with Gasteiger partial charge in [-0.2, -0.15) is 0 Å². The maximum absolute atomic E-state index is 13.0. The molecule has 6 heteroatoms. The van der Waals surface area contributed by atoms with Crippen molar-refractivity contribution in [1.29, 1.82) is 0 Å². The van der Waals surface area contributed by atoms with Crippen molar-refractivity contribution >= 4 is 0 Å². The van der Waals surface area contributed by atoms with Crippen LogP contribution in [0.1, 0.15) is 50.2 Å². The summed E-state index contributed by atoms with van der Waals surface area (Å²) >= 11 is 0. The number of rotatable bonds is 5. The second kappa shape index (κ2) is 14.3. The first kappa shape index (κ1) is 26.4. The van der Waals surface area contributed by atoms with E-state index in [1.54, 1.807) is 12.1 Å². The molecule has 2 aliphatic rings. The third kappa shape index (κ3) is 8.24. The van der Waals surface area contributed by atoms with Crippen LogP contribution in [0.3, 0.4) is 0 Å². The summed E-state index contributed by atoms with van der Waals surface area (Å²) in [6.45, 7) is 6.82. The summed E-state index contributed by atoms with van der Waals surface area (Å²) in [5.41, 5.74) is 2.41. The van der Waals surface area contributed by atoms with Gasteiger partial charge in [0.05, 0.1) is 27.0 Å². The van der Waals surface area contributed by atoms with Crippen molar-refractivity contribution in [2.45, 2.75) is 63.8 Å². The summed E-state index contributed by atoms with van der Waals surface area (Å²) in [5.74, 6) is 0.449. The van der Waals surface area contributed by atoms with Gasteiger partial charge in [-0.3, -0.25) is 9.29 Å². The summed E-state index contributed by atoms with van der Waals surface area (Å²) in [4.78, 5) is 11.8. The highest BCUT2D eigenvalue weighted by Crippen LogP contribution is 2.38. The van der Waals surface area contributed by atoms with Crippen LogP contribution in [0.4, 0.5) is 8.78 Å². The van der Waals surface area contributed by atoms with Gasteiger partial charge in [-0.25, -0.2) is 14.2 Å². The van der Waals surface area contributed by atoms with E-state index in [2.05, 4.69) is 23.6 Å². The quantitative estimate of drug-likeness (QED) is 0.419. The molecule has 32 heavy (non-hydrogen) atoms. The van der Waals surface area contributed by atoms with Crippen LogP contribution in [0.2, 0.25) is 0 Å². The molecule has 0 aromatic heterocycles. The molecule has 2 aromatic carbocycles. The van der Waals surface area contributed by atoms with Crippen molar-refractivity contribution in [3.05, 3.63) is 71.5 Å². The molecule has 1 saturated heterocycles. The minimum absolute atomic E-state index is 0.140. The van der Waals surface area contributed by atoms with Gasteiger partial charge >= 0.3 is 0 Å². The van der Waals surface area contributed by atoms with Gasteiger partial charge in [0, 0.05) is 18.6 Å². The van der Waals surface area contributed by atoms with Crippen molar-refractivity contribution in [1.82, 2.24) is 4.90 Å². The predicted octanol–water partition coefficient (Wildman–Crippen LogP) is 5.92. The summed E-state index contributed by atoms with van der Waals surface area (Å²) in [5, 5.41) is 0. The Balaban J connectivity index is 0.000000255. The number of alkyl halides is 1. The lowest BCUT2D eigenvalue weighted by atomic mass is 9.97.